The molecule has 0 N–H and O–H groups in total. The molecule has 0 radical (unpaired) electrons. The summed E-state index contributed by atoms with van der Waals surface area (Å²) in [5.41, 5.74) is 2.31. The van der Waals surface area contributed by atoms with Gasteiger partial charge in [0.05, 0.1) is 26.9 Å². The summed E-state index contributed by atoms with van der Waals surface area (Å²) in [4.78, 5) is 12.4. The highest BCUT2D eigenvalue weighted by Gasteiger charge is 2.13. The first-order valence-electron chi connectivity index (χ1n) is 7.18. The number of aryl methyl sites for hydroxylation is 1. The van der Waals surface area contributed by atoms with Crippen molar-refractivity contribution in [2.45, 2.75) is 6.92 Å². The predicted octanol–water partition coefficient (Wildman–Crippen LogP) is 3.92. The standard InChI is InChI=1S/C19H20O4/c1-13-11-16(19(23-4)12-18(13)22-3)17(20)10-7-14-5-8-15(21-2)9-6-14/h5-12H,1-4H3/b10-7+. The molecule has 0 aliphatic rings. The Morgan fingerprint density at radius 2 is 1.57 bits per heavy atom. The van der Waals surface area contributed by atoms with Gasteiger partial charge >= 0.3 is 0 Å². The minimum absolute atomic E-state index is 0.122. The fourth-order valence-electron chi connectivity index (χ4n) is 2.23. The molecule has 0 saturated carbocycles. The minimum atomic E-state index is -0.122. The Morgan fingerprint density at radius 3 is 2.13 bits per heavy atom. The van der Waals surface area contributed by atoms with E-state index in [1.165, 1.54) is 13.2 Å². The summed E-state index contributed by atoms with van der Waals surface area (Å²) < 4.78 is 15.7. The van der Waals surface area contributed by atoms with Gasteiger partial charge in [-0.3, -0.25) is 4.79 Å². The van der Waals surface area contributed by atoms with Crippen molar-refractivity contribution >= 4 is 11.9 Å². The number of hydrogen-bond donors (Lipinski definition) is 0. The van der Waals surface area contributed by atoms with E-state index < -0.39 is 0 Å². The molecule has 4 nitrogen and oxygen atoms in total. The van der Waals surface area contributed by atoms with Gasteiger partial charge in [-0.1, -0.05) is 18.2 Å². The third kappa shape index (κ3) is 3.92. The lowest BCUT2D eigenvalue weighted by molar-refractivity contribution is 0.104. The molecular formula is C19H20O4. The maximum Gasteiger partial charge on any atom is 0.189 e. The van der Waals surface area contributed by atoms with E-state index >= 15 is 0 Å². The molecule has 2 aromatic rings. The van der Waals surface area contributed by atoms with Crippen LogP contribution in [0.5, 0.6) is 17.2 Å². The van der Waals surface area contributed by atoms with Crippen molar-refractivity contribution in [3.05, 3.63) is 59.2 Å². The van der Waals surface area contributed by atoms with Crippen LogP contribution < -0.4 is 14.2 Å². The van der Waals surface area contributed by atoms with Crippen molar-refractivity contribution in [3.8, 4) is 17.2 Å². The molecule has 2 aromatic carbocycles. The fourth-order valence-corrected chi connectivity index (χ4v) is 2.23. The van der Waals surface area contributed by atoms with E-state index in [-0.39, 0.29) is 5.78 Å². The van der Waals surface area contributed by atoms with Crippen LogP contribution in [0.15, 0.2) is 42.5 Å². The molecule has 120 valence electrons. The molecule has 0 unspecified atom stereocenters. The Morgan fingerprint density at radius 1 is 0.913 bits per heavy atom. The topological polar surface area (TPSA) is 44.8 Å². The van der Waals surface area contributed by atoms with Gasteiger partial charge < -0.3 is 14.2 Å². The fraction of sp³-hybridized carbons (Fsp3) is 0.211. The van der Waals surface area contributed by atoms with Crippen LogP contribution in [0, 0.1) is 6.92 Å². The van der Waals surface area contributed by atoms with E-state index in [4.69, 9.17) is 14.2 Å². The summed E-state index contributed by atoms with van der Waals surface area (Å²) in [7, 11) is 4.74. The zero-order chi connectivity index (χ0) is 16.8. The molecule has 0 fully saturated rings. The van der Waals surface area contributed by atoms with Crippen molar-refractivity contribution in [2.24, 2.45) is 0 Å². The third-order valence-electron chi connectivity index (χ3n) is 3.53. The maximum atomic E-state index is 12.4. The van der Waals surface area contributed by atoms with Crippen molar-refractivity contribution in [2.75, 3.05) is 21.3 Å². The minimum Gasteiger partial charge on any atom is -0.497 e. The molecule has 0 aliphatic carbocycles. The zero-order valence-electron chi connectivity index (χ0n) is 13.8. The van der Waals surface area contributed by atoms with Gasteiger partial charge in [0.15, 0.2) is 5.78 Å². The van der Waals surface area contributed by atoms with Crippen LogP contribution in [0.3, 0.4) is 0 Å². The lowest BCUT2D eigenvalue weighted by Gasteiger charge is -2.11. The van der Waals surface area contributed by atoms with Crippen LogP contribution in [-0.4, -0.2) is 27.1 Å². The van der Waals surface area contributed by atoms with E-state index in [2.05, 4.69) is 0 Å². The summed E-state index contributed by atoms with van der Waals surface area (Å²) >= 11 is 0. The number of carbonyl (C=O) groups is 1. The van der Waals surface area contributed by atoms with Crippen LogP contribution >= 0.6 is 0 Å². The van der Waals surface area contributed by atoms with Crippen LogP contribution in [0.25, 0.3) is 6.08 Å². The second kappa shape index (κ2) is 7.49. The predicted molar refractivity (Wildman–Crippen MR) is 90.6 cm³/mol. The van der Waals surface area contributed by atoms with Crippen LogP contribution in [0.4, 0.5) is 0 Å². The lowest BCUT2D eigenvalue weighted by Crippen LogP contribution is -2.01. The van der Waals surface area contributed by atoms with Gasteiger partial charge in [0, 0.05) is 6.07 Å². The van der Waals surface area contributed by atoms with Gasteiger partial charge in [-0.2, -0.15) is 0 Å². The van der Waals surface area contributed by atoms with E-state index in [1.54, 1.807) is 32.4 Å². The molecule has 0 aromatic heterocycles. The Kier molecular flexibility index (Phi) is 5.41. The molecule has 0 bridgehead atoms. The van der Waals surface area contributed by atoms with Gasteiger partial charge in [0.25, 0.3) is 0 Å². The maximum absolute atomic E-state index is 12.4. The van der Waals surface area contributed by atoms with Crippen molar-refractivity contribution in [1.82, 2.24) is 0 Å². The average molecular weight is 312 g/mol. The highest BCUT2D eigenvalue weighted by Crippen LogP contribution is 2.29. The highest BCUT2D eigenvalue weighted by atomic mass is 16.5. The van der Waals surface area contributed by atoms with Crippen molar-refractivity contribution in [1.29, 1.82) is 0 Å². The van der Waals surface area contributed by atoms with Gasteiger partial charge in [0.2, 0.25) is 0 Å². The monoisotopic (exact) mass is 312 g/mol. The first-order chi connectivity index (χ1) is 11.1. The van der Waals surface area contributed by atoms with E-state index in [1.807, 2.05) is 31.2 Å². The lowest BCUT2D eigenvalue weighted by atomic mass is 10.0. The van der Waals surface area contributed by atoms with Crippen LogP contribution in [-0.2, 0) is 0 Å². The summed E-state index contributed by atoms with van der Waals surface area (Å²) in [6.07, 6.45) is 3.30. The van der Waals surface area contributed by atoms with Gasteiger partial charge in [-0.15, -0.1) is 0 Å². The Bertz CT molecular complexity index is 715. The molecule has 0 atom stereocenters. The quantitative estimate of drug-likeness (QED) is 0.599. The first kappa shape index (κ1) is 16.6. The van der Waals surface area contributed by atoms with Gasteiger partial charge in [-0.25, -0.2) is 0 Å². The SMILES string of the molecule is COc1ccc(/C=C/C(=O)c2cc(C)c(OC)cc2OC)cc1. The Balaban J connectivity index is 2.25. The highest BCUT2D eigenvalue weighted by molar-refractivity contribution is 6.09. The molecule has 0 spiro atoms. The largest absolute Gasteiger partial charge is 0.497 e. The number of carbonyl (C=O) groups excluding carboxylic acids is 1. The number of ether oxygens (including phenoxy) is 3. The summed E-state index contributed by atoms with van der Waals surface area (Å²) in [6, 6.07) is 11.0. The normalized spacial score (nSPS) is 10.6. The van der Waals surface area contributed by atoms with Gasteiger partial charge in [-0.05, 0) is 42.3 Å². The van der Waals surface area contributed by atoms with Crippen molar-refractivity contribution < 1.29 is 19.0 Å². The zero-order valence-corrected chi connectivity index (χ0v) is 13.8. The smallest absolute Gasteiger partial charge is 0.189 e. The van der Waals surface area contributed by atoms with Crippen LogP contribution in [0.2, 0.25) is 0 Å². The molecule has 4 heteroatoms. The Hall–Kier alpha value is -2.75. The second-order valence-corrected chi connectivity index (χ2v) is 4.99. The summed E-state index contributed by atoms with van der Waals surface area (Å²) in [5, 5.41) is 0. The average Bonchev–Trinajstić information content (AvgIpc) is 2.59. The molecule has 0 heterocycles. The number of rotatable bonds is 6. The number of hydrogen-bond acceptors (Lipinski definition) is 4. The van der Waals surface area contributed by atoms with E-state index in [0.717, 1.165) is 16.9 Å². The van der Waals surface area contributed by atoms with Gasteiger partial charge in [0.1, 0.15) is 17.2 Å². The molecule has 0 amide bonds. The summed E-state index contributed by atoms with van der Waals surface area (Å²) in [6.45, 7) is 1.89. The first-order valence-corrected chi connectivity index (χ1v) is 7.18. The number of methoxy groups -OCH3 is 3. The number of ketones is 1. The second-order valence-electron chi connectivity index (χ2n) is 4.99. The Labute approximate surface area is 136 Å². The van der Waals surface area contributed by atoms with E-state index in [9.17, 15) is 4.79 Å². The summed E-state index contributed by atoms with van der Waals surface area (Å²) in [5.74, 6) is 1.85. The third-order valence-corrected chi connectivity index (χ3v) is 3.53. The number of benzene rings is 2. The molecule has 0 saturated heterocycles. The van der Waals surface area contributed by atoms with Crippen molar-refractivity contribution in [3.63, 3.8) is 0 Å². The van der Waals surface area contributed by atoms with Crippen LogP contribution in [0.1, 0.15) is 21.5 Å². The molecule has 23 heavy (non-hydrogen) atoms. The number of allylic oxidation sites excluding steroid dienone is 1. The van der Waals surface area contributed by atoms with E-state index in [0.29, 0.717) is 17.1 Å². The molecule has 0 aliphatic heterocycles. The molecular weight excluding hydrogens is 292 g/mol. The molecule has 2 rings (SSSR count).